The maximum absolute atomic E-state index is 12.9. The molecule has 1 heterocycles. The van der Waals surface area contributed by atoms with Gasteiger partial charge in [-0.15, -0.1) is 0 Å². The van der Waals surface area contributed by atoms with Crippen LogP contribution >= 0.6 is 0 Å². The monoisotopic (exact) mass is 294 g/mol. The van der Waals surface area contributed by atoms with E-state index in [4.69, 9.17) is 4.74 Å². The Morgan fingerprint density at radius 2 is 1.95 bits per heavy atom. The van der Waals surface area contributed by atoms with Crippen molar-refractivity contribution < 1.29 is 9.13 Å². The van der Waals surface area contributed by atoms with Gasteiger partial charge in [-0.1, -0.05) is 19.1 Å². The predicted octanol–water partition coefficient (Wildman–Crippen LogP) is 2.80. The summed E-state index contributed by atoms with van der Waals surface area (Å²) in [4.78, 5) is 2.25. The Bertz CT molecular complexity index is 410. The average Bonchev–Trinajstić information content (AvgIpc) is 2.89. The van der Waals surface area contributed by atoms with Gasteiger partial charge < -0.3 is 10.1 Å². The molecule has 1 aromatic rings. The number of halogens is 1. The van der Waals surface area contributed by atoms with Gasteiger partial charge in [-0.3, -0.25) is 4.90 Å². The van der Waals surface area contributed by atoms with E-state index in [1.165, 1.54) is 12.1 Å². The molecule has 118 valence electrons. The summed E-state index contributed by atoms with van der Waals surface area (Å²) in [6.07, 6.45) is 4.12. The Balaban J connectivity index is 1.68. The van der Waals surface area contributed by atoms with Crippen LogP contribution in [0.3, 0.4) is 0 Å². The number of nitrogens with one attached hydrogen (secondary N) is 1. The molecule has 4 heteroatoms. The highest BCUT2D eigenvalue weighted by Crippen LogP contribution is 2.20. The zero-order valence-electron chi connectivity index (χ0n) is 13.1. The molecule has 0 aliphatic carbocycles. The fraction of sp³-hybridized carbons (Fsp3) is 0.647. The summed E-state index contributed by atoms with van der Waals surface area (Å²) in [5, 5.41) is 3.42. The lowest BCUT2D eigenvalue weighted by Gasteiger charge is -2.21. The van der Waals surface area contributed by atoms with Crippen molar-refractivity contribution in [3.05, 3.63) is 35.6 Å². The van der Waals surface area contributed by atoms with E-state index in [0.717, 1.165) is 51.0 Å². The molecule has 2 unspecified atom stereocenters. The SMILES string of the molecule is CCCNCC1CCC(CN(C)Cc2ccc(F)cc2)O1. The molecule has 0 aromatic heterocycles. The maximum Gasteiger partial charge on any atom is 0.123 e. The number of ether oxygens (including phenoxy) is 1. The molecule has 0 amide bonds. The summed E-state index contributed by atoms with van der Waals surface area (Å²) < 4.78 is 19.0. The Morgan fingerprint density at radius 1 is 1.24 bits per heavy atom. The molecule has 21 heavy (non-hydrogen) atoms. The Hall–Kier alpha value is -0.970. The van der Waals surface area contributed by atoms with E-state index in [9.17, 15) is 4.39 Å². The minimum Gasteiger partial charge on any atom is -0.372 e. The molecule has 2 atom stereocenters. The second kappa shape index (κ2) is 8.47. The summed E-state index contributed by atoms with van der Waals surface area (Å²) in [7, 11) is 2.09. The van der Waals surface area contributed by atoms with E-state index in [1.807, 2.05) is 12.1 Å². The first-order valence-electron chi connectivity index (χ1n) is 7.96. The van der Waals surface area contributed by atoms with E-state index in [-0.39, 0.29) is 5.82 Å². The van der Waals surface area contributed by atoms with Gasteiger partial charge in [0.15, 0.2) is 0 Å². The summed E-state index contributed by atoms with van der Waals surface area (Å²) in [6, 6.07) is 6.73. The van der Waals surface area contributed by atoms with Gasteiger partial charge in [0.2, 0.25) is 0 Å². The Labute approximate surface area is 127 Å². The number of nitrogens with zero attached hydrogens (tertiary/aromatic N) is 1. The van der Waals surface area contributed by atoms with Crippen LogP contribution in [-0.4, -0.2) is 43.8 Å². The van der Waals surface area contributed by atoms with Crippen molar-refractivity contribution in [3.63, 3.8) is 0 Å². The van der Waals surface area contributed by atoms with Crippen LogP contribution in [0.25, 0.3) is 0 Å². The third kappa shape index (κ3) is 5.73. The fourth-order valence-electron chi connectivity index (χ4n) is 2.82. The Kier molecular flexibility index (Phi) is 6.61. The van der Waals surface area contributed by atoms with Crippen LogP contribution < -0.4 is 5.32 Å². The number of rotatable bonds is 8. The van der Waals surface area contributed by atoms with E-state index < -0.39 is 0 Å². The number of hydrogen-bond acceptors (Lipinski definition) is 3. The number of likely N-dealkylation sites (N-methyl/N-ethyl adjacent to an activating group) is 1. The Morgan fingerprint density at radius 3 is 2.67 bits per heavy atom. The topological polar surface area (TPSA) is 24.5 Å². The standard InChI is InChI=1S/C17H27FN2O/c1-3-10-19-11-16-8-9-17(21-16)13-20(2)12-14-4-6-15(18)7-5-14/h4-7,16-17,19H,3,8-13H2,1-2H3. The molecule has 1 saturated heterocycles. The summed E-state index contributed by atoms with van der Waals surface area (Å²) in [5.74, 6) is -0.178. The third-order valence-electron chi connectivity index (χ3n) is 3.88. The molecule has 0 radical (unpaired) electrons. The number of hydrogen-bond donors (Lipinski definition) is 1. The van der Waals surface area contributed by atoms with E-state index in [2.05, 4.69) is 24.2 Å². The van der Waals surface area contributed by atoms with Crippen molar-refractivity contribution in [2.24, 2.45) is 0 Å². The highest BCUT2D eigenvalue weighted by Gasteiger charge is 2.25. The highest BCUT2D eigenvalue weighted by molar-refractivity contribution is 5.15. The summed E-state index contributed by atoms with van der Waals surface area (Å²) in [6.45, 7) is 5.97. The van der Waals surface area contributed by atoms with E-state index >= 15 is 0 Å². The van der Waals surface area contributed by atoms with Gasteiger partial charge in [-0.2, -0.15) is 0 Å². The lowest BCUT2D eigenvalue weighted by atomic mass is 10.1. The van der Waals surface area contributed by atoms with Gasteiger partial charge in [-0.05, 0) is 50.6 Å². The average molecular weight is 294 g/mol. The van der Waals surface area contributed by atoms with Crippen molar-refractivity contribution >= 4 is 0 Å². The van der Waals surface area contributed by atoms with Crippen LogP contribution in [0.2, 0.25) is 0 Å². The van der Waals surface area contributed by atoms with Gasteiger partial charge >= 0.3 is 0 Å². The zero-order chi connectivity index (χ0) is 15.1. The molecular formula is C17H27FN2O. The van der Waals surface area contributed by atoms with Crippen LogP contribution in [-0.2, 0) is 11.3 Å². The number of benzene rings is 1. The molecular weight excluding hydrogens is 267 g/mol. The largest absolute Gasteiger partial charge is 0.372 e. The molecule has 0 spiro atoms. The van der Waals surface area contributed by atoms with E-state index in [0.29, 0.717) is 12.2 Å². The quantitative estimate of drug-likeness (QED) is 0.746. The van der Waals surface area contributed by atoms with Crippen molar-refractivity contribution in [2.45, 2.75) is 44.9 Å². The van der Waals surface area contributed by atoms with Gasteiger partial charge in [0.05, 0.1) is 12.2 Å². The summed E-state index contributed by atoms with van der Waals surface area (Å²) in [5.41, 5.74) is 1.14. The van der Waals surface area contributed by atoms with Gasteiger partial charge in [-0.25, -0.2) is 4.39 Å². The van der Waals surface area contributed by atoms with Crippen LogP contribution in [0.4, 0.5) is 4.39 Å². The van der Waals surface area contributed by atoms with Crippen molar-refractivity contribution in [2.75, 3.05) is 26.7 Å². The van der Waals surface area contributed by atoms with Crippen molar-refractivity contribution in [1.29, 1.82) is 0 Å². The normalized spacial score (nSPS) is 22.1. The lowest BCUT2D eigenvalue weighted by molar-refractivity contribution is 0.0268. The molecule has 0 bridgehead atoms. The molecule has 1 aliphatic heterocycles. The molecule has 1 fully saturated rings. The van der Waals surface area contributed by atoms with Gasteiger partial charge in [0.25, 0.3) is 0 Å². The molecule has 1 N–H and O–H groups in total. The first-order valence-corrected chi connectivity index (χ1v) is 7.96. The molecule has 3 nitrogen and oxygen atoms in total. The van der Waals surface area contributed by atoms with Crippen LogP contribution in [0, 0.1) is 5.82 Å². The first kappa shape index (κ1) is 16.4. The first-order chi connectivity index (χ1) is 10.2. The molecule has 2 rings (SSSR count). The van der Waals surface area contributed by atoms with Crippen molar-refractivity contribution in [1.82, 2.24) is 10.2 Å². The minimum absolute atomic E-state index is 0.178. The molecule has 1 aromatic carbocycles. The van der Waals surface area contributed by atoms with Crippen molar-refractivity contribution in [3.8, 4) is 0 Å². The van der Waals surface area contributed by atoms with E-state index in [1.54, 1.807) is 0 Å². The van der Waals surface area contributed by atoms with Gasteiger partial charge in [0.1, 0.15) is 5.82 Å². The highest BCUT2D eigenvalue weighted by atomic mass is 19.1. The minimum atomic E-state index is -0.178. The zero-order valence-corrected chi connectivity index (χ0v) is 13.1. The second-order valence-corrected chi connectivity index (χ2v) is 5.98. The lowest BCUT2D eigenvalue weighted by Crippen LogP contribution is -2.31. The van der Waals surface area contributed by atoms with Crippen LogP contribution in [0.5, 0.6) is 0 Å². The predicted molar refractivity (Wildman–Crippen MR) is 83.8 cm³/mol. The molecule has 0 saturated carbocycles. The third-order valence-corrected chi connectivity index (χ3v) is 3.88. The summed E-state index contributed by atoms with van der Waals surface area (Å²) >= 11 is 0. The maximum atomic E-state index is 12.9. The smallest absolute Gasteiger partial charge is 0.123 e. The fourth-order valence-corrected chi connectivity index (χ4v) is 2.82. The second-order valence-electron chi connectivity index (χ2n) is 5.98. The van der Waals surface area contributed by atoms with Crippen LogP contribution in [0.1, 0.15) is 31.7 Å². The van der Waals surface area contributed by atoms with Gasteiger partial charge in [0, 0.05) is 19.6 Å². The molecule has 1 aliphatic rings. The van der Waals surface area contributed by atoms with Crippen LogP contribution in [0.15, 0.2) is 24.3 Å².